The zero-order valence-corrected chi connectivity index (χ0v) is 23.7. The largest absolute Gasteiger partial charge is 0.463 e. The number of hydrogen-bond donors (Lipinski definition) is 1. The number of amides is 1. The first-order valence-electron chi connectivity index (χ1n) is 14.2. The van der Waals surface area contributed by atoms with Gasteiger partial charge < -0.3 is 29.0 Å². The average Bonchev–Trinajstić information content (AvgIpc) is 3.02. The van der Waals surface area contributed by atoms with Crippen molar-refractivity contribution in [2.24, 2.45) is 0 Å². The van der Waals surface area contributed by atoms with Gasteiger partial charge in [0.25, 0.3) is 0 Å². The lowest BCUT2D eigenvalue weighted by atomic mass is 9.95. The van der Waals surface area contributed by atoms with Crippen molar-refractivity contribution in [3.63, 3.8) is 0 Å². The van der Waals surface area contributed by atoms with E-state index in [4.69, 9.17) is 23.7 Å². The predicted molar refractivity (Wildman–Crippen MR) is 159 cm³/mol. The van der Waals surface area contributed by atoms with E-state index in [2.05, 4.69) is 5.32 Å². The molecule has 2 unspecified atom stereocenters. The monoisotopic (exact) mass is 567 g/mol. The van der Waals surface area contributed by atoms with E-state index in [0.717, 1.165) is 16.7 Å². The molecule has 1 fully saturated rings. The van der Waals surface area contributed by atoms with Crippen LogP contribution in [-0.2, 0) is 43.6 Å². The van der Waals surface area contributed by atoms with Crippen LogP contribution in [0.4, 0.5) is 0 Å². The van der Waals surface area contributed by atoms with Gasteiger partial charge in [-0.05, 0) is 28.8 Å². The molecule has 1 aliphatic rings. The Hall–Kier alpha value is -4.01. The number of carbonyl (C=O) groups is 1. The van der Waals surface area contributed by atoms with Crippen LogP contribution >= 0.6 is 0 Å². The van der Waals surface area contributed by atoms with Gasteiger partial charge in [-0.25, -0.2) is 0 Å². The fourth-order valence-electron chi connectivity index (χ4n) is 4.96. The zero-order chi connectivity index (χ0) is 29.0. The second-order valence-corrected chi connectivity index (χ2v) is 10.2. The standard InChI is InChI=1S/C35H37NO6/c1-26(37)36-32-34(40-24-29-18-10-4-11-19-29)33(39-23-28-16-8-3-9-17-28)31(25-38-22-27-14-6-2-7-15-27)42-35(32)41-30-20-12-5-13-21-30/h2-21,31-35H,22-25H2,1H3,(H,36,37)/t31?,32?,33-,34+,35+/m0/s1. The van der Waals surface area contributed by atoms with Gasteiger partial charge >= 0.3 is 0 Å². The number of carbonyl (C=O) groups excluding carboxylic acids is 1. The first-order valence-corrected chi connectivity index (χ1v) is 14.2. The molecule has 1 amide bonds. The van der Waals surface area contributed by atoms with Gasteiger partial charge in [0.05, 0.1) is 26.4 Å². The minimum atomic E-state index is -0.848. The van der Waals surface area contributed by atoms with Crippen molar-refractivity contribution in [3.8, 4) is 5.75 Å². The van der Waals surface area contributed by atoms with Gasteiger partial charge in [-0.1, -0.05) is 109 Å². The minimum absolute atomic E-state index is 0.223. The molecule has 0 bridgehead atoms. The number of nitrogens with one attached hydrogen (secondary N) is 1. The Morgan fingerprint density at radius 2 is 1.14 bits per heavy atom. The minimum Gasteiger partial charge on any atom is -0.463 e. The molecule has 1 aliphatic heterocycles. The van der Waals surface area contributed by atoms with Crippen molar-refractivity contribution in [2.45, 2.75) is 57.4 Å². The second-order valence-electron chi connectivity index (χ2n) is 10.2. The summed E-state index contributed by atoms with van der Waals surface area (Å²) in [6, 6.07) is 38.6. The lowest BCUT2D eigenvalue weighted by Gasteiger charge is -2.46. The molecule has 1 saturated heterocycles. The molecular weight excluding hydrogens is 530 g/mol. The third-order valence-electron chi connectivity index (χ3n) is 6.98. The van der Waals surface area contributed by atoms with Gasteiger partial charge in [-0.2, -0.15) is 0 Å². The Balaban J connectivity index is 1.44. The molecule has 4 aromatic carbocycles. The number of ether oxygens (including phenoxy) is 5. The quantitative estimate of drug-likeness (QED) is 0.224. The Labute approximate surface area is 247 Å². The highest BCUT2D eigenvalue weighted by molar-refractivity contribution is 5.73. The van der Waals surface area contributed by atoms with Crippen molar-refractivity contribution >= 4 is 5.91 Å². The van der Waals surface area contributed by atoms with Crippen molar-refractivity contribution < 1.29 is 28.5 Å². The maximum absolute atomic E-state index is 12.5. The summed E-state index contributed by atoms with van der Waals surface area (Å²) in [4.78, 5) is 12.5. The maximum atomic E-state index is 12.5. The van der Waals surface area contributed by atoms with E-state index < -0.39 is 30.6 Å². The highest BCUT2D eigenvalue weighted by Crippen LogP contribution is 2.30. The van der Waals surface area contributed by atoms with E-state index in [1.165, 1.54) is 6.92 Å². The van der Waals surface area contributed by atoms with E-state index >= 15 is 0 Å². The summed E-state index contributed by atoms with van der Waals surface area (Å²) in [5.74, 6) is 0.395. The summed E-state index contributed by atoms with van der Waals surface area (Å²) < 4.78 is 32.2. The molecule has 5 rings (SSSR count). The molecule has 0 spiro atoms. The molecule has 0 saturated carbocycles. The molecule has 0 aliphatic carbocycles. The van der Waals surface area contributed by atoms with Crippen molar-refractivity contribution in [1.29, 1.82) is 0 Å². The second kappa shape index (κ2) is 15.3. The van der Waals surface area contributed by atoms with Crippen LogP contribution in [-0.4, -0.2) is 43.2 Å². The first-order chi connectivity index (χ1) is 20.7. The molecule has 218 valence electrons. The van der Waals surface area contributed by atoms with Gasteiger partial charge in [-0.15, -0.1) is 0 Å². The van der Waals surface area contributed by atoms with E-state index in [-0.39, 0.29) is 12.5 Å². The molecule has 1 N–H and O–H groups in total. The Morgan fingerprint density at radius 1 is 0.667 bits per heavy atom. The molecule has 0 aromatic heterocycles. The van der Waals surface area contributed by atoms with Gasteiger partial charge in [-0.3, -0.25) is 4.79 Å². The van der Waals surface area contributed by atoms with E-state index in [1.807, 2.05) is 121 Å². The summed E-state index contributed by atoms with van der Waals surface area (Å²) in [5.41, 5.74) is 3.08. The normalized spacial score (nSPS) is 21.9. The van der Waals surface area contributed by atoms with Crippen molar-refractivity contribution in [2.75, 3.05) is 6.61 Å². The van der Waals surface area contributed by atoms with Crippen LogP contribution in [0.5, 0.6) is 5.75 Å². The van der Waals surface area contributed by atoms with E-state index in [0.29, 0.717) is 25.6 Å². The predicted octanol–water partition coefficient (Wildman–Crippen LogP) is 5.68. The molecule has 7 nitrogen and oxygen atoms in total. The van der Waals surface area contributed by atoms with Gasteiger partial charge in [0.15, 0.2) is 0 Å². The smallest absolute Gasteiger partial charge is 0.223 e. The Kier molecular flexibility index (Phi) is 10.7. The number of benzene rings is 4. The van der Waals surface area contributed by atoms with Crippen molar-refractivity contribution in [3.05, 3.63) is 138 Å². The lowest BCUT2D eigenvalue weighted by molar-refractivity contribution is -0.270. The topological polar surface area (TPSA) is 75.3 Å². The molecule has 7 heteroatoms. The summed E-state index contributed by atoms with van der Waals surface area (Å²) in [6.07, 6.45) is -2.57. The van der Waals surface area contributed by atoms with Gasteiger partial charge in [0.2, 0.25) is 12.2 Å². The van der Waals surface area contributed by atoms with Gasteiger partial charge in [0, 0.05) is 6.92 Å². The van der Waals surface area contributed by atoms with Crippen LogP contribution in [0.25, 0.3) is 0 Å². The fraction of sp³-hybridized carbons (Fsp3) is 0.286. The summed E-state index contributed by atoms with van der Waals surface area (Å²) in [6.45, 7) is 2.79. The van der Waals surface area contributed by atoms with E-state index in [9.17, 15) is 4.79 Å². The Bertz CT molecular complexity index is 1340. The highest BCUT2D eigenvalue weighted by Gasteiger charge is 2.49. The SMILES string of the molecule is CC(=O)NC1[C@H](Oc2ccccc2)OC(COCc2ccccc2)[C@H](OCc2ccccc2)[C@@H]1OCc1ccccc1. The first kappa shape index (κ1) is 29.5. The van der Waals surface area contributed by atoms with Gasteiger partial charge in [0.1, 0.15) is 30.1 Å². The van der Waals surface area contributed by atoms with Crippen molar-refractivity contribution in [1.82, 2.24) is 5.32 Å². The summed E-state index contributed by atoms with van der Waals surface area (Å²) >= 11 is 0. The van der Waals surface area contributed by atoms with Crippen LogP contribution in [0.3, 0.4) is 0 Å². The number of para-hydroxylation sites is 1. The number of hydrogen-bond acceptors (Lipinski definition) is 6. The third-order valence-corrected chi connectivity index (χ3v) is 6.98. The highest BCUT2D eigenvalue weighted by atomic mass is 16.7. The fourth-order valence-corrected chi connectivity index (χ4v) is 4.96. The molecular formula is C35H37NO6. The van der Waals surface area contributed by atoms with Crippen LogP contribution in [0, 0.1) is 0 Å². The summed E-state index contributed by atoms with van der Waals surface area (Å²) in [5, 5.41) is 3.03. The third kappa shape index (κ3) is 8.50. The van der Waals surface area contributed by atoms with Crippen LogP contribution in [0.1, 0.15) is 23.6 Å². The molecule has 5 atom stereocenters. The molecule has 0 radical (unpaired) electrons. The average molecular weight is 568 g/mol. The maximum Gasteiger partial charge on any atom is 0.223 e. The van der Waals surface area contributed by atoms with Crippen LogP contribution in [0.2, 0.25) is 0 Å². The Morgan fingerprint density at radius 3 is 1.67 bits per heavy atom. The zero-order valence-electron chi connectivity index (χ0n) is 23.7. The number of rotatable bonds is 13. The summed E-state index contributed by atoms with van der Waals surface area (Å²) in [7, 11) is 0. The van der Waals surface area contributed by atoms with E-state index in [1.54, 1.807) is 0 Å². The molecule has 1 heterocycles. The van der Waals surface area contributed by atoms with Crippen LogP contribution in [0.15, 0.2) is 121 Å². The molecule has 42 heavy (non-hydrogen) atoms. The molecule has 4 aromatic rings. The lowest BCUT2D eigenvalue weighted by Crippen LogP contribution is -2.66. The van der Waals surface area contributed by atoms with Crippen LogP contribution < -0.4 is 10.1 Å².